The summed E-state index contributed by atoms with van der Waals surface area (Å²) in [6.45, 7) is 0. The van der Waals surface area contributed by atoms with E-state index in [1.54, 1.807) is 14.1 Å². The molecule has 0 fully saturated rings. The quantitative estimate of drug-likeness (QED) is 0.335. The number of Topliss-reactive ketones (excluding diaryl/α,β-unsaturated/α-hetero) is 2. The van der Waals surface area contributed by atoms with E-state index in [0.717, 1.165) is 0 Å². The average molecular weight is 366 g/mol. The number of halogens is 3. The Kier molecular flexibility index (Phi) is 5.75. The van der Waals surface area contributed by atoms with E-state index in [4.69, 9.17) is 23.2 Å². The summed E-state index contributed by atoms with van der Waals surface area (Å²) >= 11 is 11.8. The third-order valence-corrected chi connectivity index (χ3v) is 3.56. The summed E-state index contributed by atoms with van der Waals surface area (Å²) in [5.74, 6) is -1.98. The minimum Gasteiger partial charge on any atom is -0.383 e. The first kappa shape index (κ1) is 18.2. The second-order valence-corrected chi connectivity index (χ2v) is 6.18. The van der Waals surface area contributed by atoms with Gasteiger partial charge in [-0.15, -0.1) is 0 Å². The van der Waals surface area contributed by atoms with Gasteiger partial charge in [-0.3, -0.25) is 9.59 Å². The van der Waals surface area contributed by atoms with Crippen molar-refractivity contribution in [1.82, 2.24) is 4.90 Å². The average Bonchev–Trinajstić information content (AvgIpc) is 2.50. The van der Waals surface area contributed by atoms with E-state index in [0.29, 0.717) is 0 Å². The highest BCUT2D eigenvalue weighted by molar-refractivity contribution is 6.36. The predicted octanol–water partition coefficient (Wildman–Crippen LogP) is 4.64. The maximum Gasteiger partial charge on any atom is 0.201 e. The Morgan fingerprint density at radius 1 is 1.00 bits per heavy atom. The Morgan fingerprint density at radius 3 is 2.12 bits per heavy atom. The summed E-state index contributed by atoms with van der Waals surface area (Å²) in [7, 11) is 3.32. The Labute approximate surface area is 149 Å². The lowest BCUT2D eigenvalue weighted by Gasteiger charge is -2.12. The highest BCUT2D eigenvalue weighted by atomic mass is 35.5. The Bertz CT molecular complexity index is 811. The van der Waals surface area contributed by atoms with Gasteiger partial charge < -0.3 is 4.90 Å². The number of hydrogen-bond acceptors (Lipinski definition) is 3. The molecule has 0 spiro atoms. The highest BCUT2D eigenvalue weighted by Gasteiger charge is 2.24. The monoisotopic (exact) mass is 365 g/mol. The van der Waals surface area contributed by atoms with Gasteiger partial charge in [-0.25, -0.2) is 4.39 Å². The van der Waals surface area contributed by atoms with Crippen molar-refractivity contribution in [2.45, 2.75) is 0 Å². The van der Waals surface area contributed by atoms with E-state index in [-0.39, 0.29) is 26.7 Å². The molecular formula is C18H14Cl2FNO2. The molecule has 24 heavy (non-hydrogen) atoms. The number of carbonyl (C=O) groups is 2. The number of nitrogens with zero attached hydrogens (tertiary/aromatic N) is 1. The fraction of sp³-hybridized carbons (Fsp3) is 0.111. The third-order valence-electron chi connectivity index (χ3n) is 3.12. The molecule has 0 bridgehead atoms. The SMILES string of the molecule is CN(C)C=C(C(=O)c1cc(Cl)cc(Cl)c1)C(=O)c1ccccc1F. The Morgan fingerprint density at radius 2 is 1.58 bits per heavy atom. The highest BCUT2D eigenvalue weighted by Crippen LogP contribution is 2.23. The van der Waals surface area contributed by atoms with Crippen LogP contribution in [0.3, 0.4) is 0 Å². The smallest absolute Gasteiger partial charge is 0.201 e. The molecule has 0 saturated heterocycles. The number of hydrogen-bond donors (Lipinski definition) is 0. The van der Waals surface area contributed by atoms with Crippen molar-refractivity contribution in [2.75, 3.05) is 14.1 Å². The van der Waals surface area contributed by atoms with E-state index in [2.05, 4.69) is 0 Å². The van der Waals surface area contributed by atoms with Gasteiger partial charge in [0.1, 0.15) is 5.82 Å². The Hall–Kier alpha value is -2.17. The molecule has 0 saturated carbocycles. The van der Waals surface area contributed by atoms with Crippen molar-refractivity contribution in [3.8, 4) is 0 Å². The minimum atomic E-state index is -0.706. The van der Waals surface area contributed by atoms with Gasteiger partial charge in [0.15, 0.2) is 5.78 Å². The Balaban J connectivity index is 2.52. The van der Waals surface area contributed by atoms with Crippen LogP contribution in [0.25, 0.3) is 0 Å². The van der Waals surface area contributed by atoms with Gasteiger partial charge in [0.2, 0.25) is 5.78 Å². The predicted molar refractivity (Wildman–Crippen MR) is 93.3 cm³/mol. The first-order chi connectivity index (χ1) is 11.3. The van der Waals surface area contributed by atoms with Gasteiger partial charge in [0.25, 0.3) is 0 Å². The van der Waals surface area contributed by atoms with Crippen LogP contribution in [0.4, 0.5) is 4.39 Å². The van der Waals surface area contributed by atoms with Crippen LogP contribution in [0.1, 0.15) is 20.7 Å². The molecule has 124 valence electrons. The maximum absolute atomic E-state index is 13.9. The van der Waals surface area contributed by atoms with Crippen LogP contribution in [-0.4, -0.2) is 30.6 Å². The van der Waals surface area contributed by atoms with Crippen LogP contribution in [0.15, 0.2) is 54.2 Å². The van der Waals surface area contributed by atoms with Crippen molar-refractivity contribution in [3.63, 3.8) is 0 Å². The molecule has 0 heterocycles. The van der Waals surface area contributed by atoms with Crippen molar-refractivity contribution in [2.24, 2.45) is 0 Å². The molecule has 0 N–H and O–H groups in total. The lowest BCUT2D eigenvalue weighted by Crippen LogP contribution is -2.18. The second-order valence-electron chi connectivity index (χ2n) is 5.30. The fourth-order valence-electron chi connectivity index (χ4n) is 2.11. The van der Waals surface area contributed by atoms with Crippen LogP contribution in [0.2, 0.25) is 10.0 Å². The molecule has 0 atom stereocenters. The number of allylic oxidation sites excluding steroid dienone is 1. The van der Waals surface area contributed by atoms with Gasteiger partial charge >= 0.3 is 0 Å². The normalized spacial score (nSPS) is 11.3. The summed E-state index contributed by atoms with van der Waals surface area (Å²) in [4.78, 5) is 27.0. The molecule has 6 heteroatoms. The van der Waals surface area contributed by atoms with Crippen molar-refractivity contribution in [1.29, 1.82) is 0 Å². The van der Waals surface area contributed by atoms with E-state index in [1.807, 2.05) is 0 Å². The van der Waals surface area contributed by atoms with Crippen LogP contribution < -0.4 is 0 Å². The van der Waals surface area contributed by atoms with Crippen LogP contribution in [-0.2, 0) is 0 Å². The zero-order valence-electron chi connectivity index (χ0n) is 13.0. The molecule has 0 aliphatic rings. The number of benzene rings is 2. The molecule has 2 aromatic carbocycles. The molecule has 0 aliphatic carbocycles. The van der Waals surface area contributed by atoms with Gasteiger partial charge in [0.05, 0.1) is 11.1 Å². The summed E-state index contributed by atoms with van der Waals surface area (Å²) in [6, 6.07) is 9.81. The van der Waals surface area contributed by atoms with E-state index < -0.39 is 17.4 Å². The van der Waals surface area contributed by atoms with Crippen molar-refractivity contribution < 1.29 is 14.0 Å². The number of carbonyl (C=O) groups excluding carboxylic acids is 2. The van der Waals surface area contributed by atoms with Gasteiger partial charge in [-0.05, 0) is 30.3 Å². The second kappa shape index (κ2) is 7.60. The van der Waals surface area contributed by atoms with Crippen molar-refractivity contribution in [3.05, 3.63) is 81.2 Å². The first-order valence-electron chi connectivity index (χ1n) is 6.98. The lowest BCUT2D eigenvalue weighted by atomic mass is 9.96. The number of ketones is 2. The van der Waals surface area contributed by atoms with E-state index in [1.165, 1.54) is 53.6 Å². The summed E-state index contributed by atoms with van der Waals surface area (Å²) in [5.41, 5.74) is -0.194. The molecule has 0 amide bonds. The first-order valence-corrected chi connectivity index (χ1v) is 7.73. The number of rotatable bonds is 5. The van der Waals surface area contributed by atoms with Crippen LogP contribution in [0.5, 0.6) is 0 Å². The maximum atomic E-state index is 13.9. The van der Waals surface area contributed by atoms with E-state index >= 15 is 0 Å². The fourth-order valence-corrected chi connectivity index (χ4v) is 2.64. The lowest BCUT2D eigenvalue weighted by molar-refractivity contribution is 0.0958. The molecule has 3 nitrogen and oxygen atoms in total. The largest absolute Gasteiger partial charge is 0.383 e. The van der Waals surface area contributed by atoms with Gasteiger partial charge in [-0.2, -0.15) is 0 Å². The minimum absolute atomic E-state index is 0.158. The standard InChI is InChI=1S/C18H14Cl2FNO2/c1-22(2)10-15(18(24)14-5-3-4-6-16(14)21)17(23)11-7-12(19)9-13(20)8-11/h3-10H,1-2H3. The van der Waals surface area contributed by atoms with Crippen molar-refractivity contribution >= 4 is 34.8 Å². The zero-order valence-corrected chi connectivity index (χ0v) is 14.5. The van der Waals surface area contributed by atoms with Gasteiger partial charge in [-0.1, -0.05) is 35.3 Å². The molecule has 2 aromatic rings. The molecular weight excluding hydrogens is 352 g/mol. The molecule has 0 aliphatic heterocycles. The summed E-state index contributed by atoms with van der Waals surface area (Å²) in [6.07, 6.45) is 1.35. The molecule has 0 aromatic heterocycles. The van der Waals surface area contributed by atoms with Crippen LogP contribution >= 0.6 is 23.2 Å². The summed E-state index contributed by atoms with van der Waals surface area (Å²) in [5, 5.41) is 0.543. The van der Waals surface area contributed by atoms with E-state index in [9.17, 15) is 14.0 Å². The van der Waals surface area contributed by atoms with Crippen LogP contribution in [0, 0.1) is 5.82 Å². The third kappa shape index (κ3) is 4.22. The molecule has 0 radical (unpaired) electrons. The molecule has 2 rings (SSSR count). The summed E-state index contributed by atoms with van der Waals surface area (Å²) < 4.78 is 13.9. The van der Waals surface area contributed by atoms with Gasteiger partial charge in [0, 0.05) is 35.9 Å². The molecule has 0 unspecified atom stereocenters. The topological polar surface area (TPSA) is 37.4 Å². The zero-order chi connectivity index (χ0) is 17.9.